The van der Waals surface area contributed by atoms with Crippen LogP contribution < -0.4 is 10.6 Å². The maximum absolute atomic E-state index is 12.5. The van der Waals surface area contributed by atoms with Crippen LogP contribution in [-0.2, 0) is 14.3 Å². The molecule has 4 rings (SSSR count). The van der Waals surface area contributed by atoms with E-state index in [-0.39, 0.29) is 46.7 Å². The van der Waals surface area contributed by atoms with E-state index in [4.69, 9.17) is 4.74 Å². The summed E-state index contributed by atoms with van der Waals surface area (Å²) in [6.45, 7) is 5.94. The minimum atomic E-state index is -1.14. The SMILES string of the molecule is C[C@@H](O)[C@@H]1C(=O)N2C(C(=O)O)=C(S[C@@H]3CN[C@H](C/C(=N/O)NC(=O)N4CCOCC4)C3)[C@H](C)[C@H]12. The molecule has 188 valence electrons. The molecule has 5 N–H and O–H groups in total. The number of rotatable bonds is 6. The minimum Gasteiger partial charge on any atom is -0.477 e. The number of carboxylic acid groups (broad SMARTS) is 1. The number of urea groups is 1. The molecule has 0 radical (unpaired) electrons. The van der Waals surface area contributed by atoms with Crippen LogP contribution in [0.5, 0.6) is 0 Å². The predicted octanol–water partition coefficient (Wildman–Crippen LogP) is -0.177. The average molecular weight is 498 g/mol. The van der Waals surface area contributed by atoms with E-state index in [1.807, 2.05) is 6.92 Å². The first-order valence-corrected chi connectivity index (χ1v) is 12.3. The highest BCUT2D eigenvalue weighted by Gasteiger charge is 2.60. The summed E-state index contributed by atoms with van der Waals surface area (Å²) in [5, 5.41) is 38.5. The number of aliphatic hydroxyl groups is 1. The first kappa shape index (κ1) is 24.8. The van der Waals surface area contributed by atoms with E-state index in [2.05, 4.69) is 15.8 Å². The van der Waals surface area contributed by atoms with Gasteiger partial charge in [0.15, 0.2) is 5.84 Å². The van der Waals surface area contributed by atoms with Gasteiger partial charge >= 0.3 is 12.0 Å². The lowest BCUT2D eigenvalue weighted by molar-refractivity contribution is -0.163. The Bertz CT molecular complexity index is 904. The van der Waals surface area contributed by atoms with Gasteiger partial charge in [-0.15, -0.1) is 11.8 Å². The highest BCUT2D eigenvalue weighted by Crippen LogP contribution is 2.51. The van der Waals surface area contributed by atoms with E-state index in [0.717, 1.165) is 0 Å². The normalized spacial score (nSPS) is 32.5. The van der Waals surface area contributed by atoms with Crippen molar-refractivity contribution < 1.29 is 34.5 Å². The molecule has 0 aromatic rings. The number of fused-ring (bicyclic) bond motifs is 1. The summed E-state index contributed by atoms with van der Waals surface area (Å²) in [4.78, 5) is 40.4. The number of hydrogen-bond acceptors (Lipinski definition) is 9. The number of aliphatic hydroxyl groups excluding tert-OH is 1. The van der Waals surface area contributed by atoms with E-state index in [9.17, 15) is 29.8 Å². The number of amidine groups is 1. The van der Waals surface area contributed by atoms with Crippen molar-refractivity contribution in [3.8, 4) is 0 Å². The van der Waals surface area contributed by atoms with Crippen molar-refractivity contribution >= 4 is 35.5 Å². The maximum atomic E-state index is 12.5. The number of aliphatic carboxylic acids is 1. The zero-order chi connectivity index (χ0) is 24.6. The van der Waals surface area contributed by atoms with Gasteiger partial charge in [0.1, 0.15) is 5.70 Å². The molecule has 4 heterocycles. The Balaban J connectivity index is 1.36. The number of carbonyl (C=O) groups excluding carboxylic acids is 2. The van der Waals surface area contributed by atoms with E-state index in [1.165, 1.54) is 16.7 Å². The van der Waals surface area contributed by atoms with E-state index in [0.29, 0.717) is 50.6 Å². The van der Waals surface area contributed by atoms with Gasteiger partial charge in [0, 0.05) is 48.2 Å². The number of hydrogen-bond donors (Lipinski definition) is 5. The zero-order valence-electron chi connectivity index (χ0n) is 19.1. The summed E-state index contributed by atoms with van der Waals surface area (Å²) in [6.07, 6.45) is 0.136. The molecular formula is C21H31N5O7S. The maximum Gasteiger partial charge on any atom is 0.353 e. The Labute approximate surface area is 201 Å². The van der Waals surface area contributed by atoms with Gasteiger partial charge < -0.3 is 35.3 Å². The van der Waals surface area contributed by atoms with Gasteiger partial charge in [-0.2, -0.15) is 0 Å². The molecule has 34 heavy (non-hydrogen) atoms. The Morgan fingerprint density at radius 2 is 2.06 bits per heavy atom. The molecule has 3 fully saturated rings. The summed E-state index contributed by atoms with van der Waals surface area (Å²) >= 11 is 1.45. The topological polar surface area (TPSA) is 164 Å². The van der Waals surface area contributed by atoms with Gasteiger partial charge in [-0.3, -0.25) is 10.1 Å². The van der Waals surface area contributed by atoms with Gasteiger partial charge in [0.2, 0.25) is 5.91 Å². The second-order valence-electron chi connectivity index (χ2n) is 9.13. The van der Waals surface area contributed by atoms with Crippen molar-refractivity contribution in [1.29, 1.82) is 0 Å². The second-order valence-corrected chi connectivity index (χ2v) is 10.5. The Morgan fingerprint density at radius 1 is 1.35 bits per heavy atom. The summed E-state index contributed by atoms with van der Waals surface area (Å²) in [5.41, 5.74) is 0.0169. The molecule has 0 unspecified atom stereocenters. The monoisotopic (exact) mass is 497 g/mol. The van der Waals surface area contributed by atoms with Crippen LogP contribution in [0.25, 0.3) is 0 Å². The molecule has 0 aromatic carbocycles. The number of thioether (sulfide) groups is 1. The summed E-state index contributed by atoms with van der Waals surface area (Å²) in [7, 11) is 0. The second kappa shape index (κ2) is 10.1. The zero-order valence-corrected chi connectivity index (χ0v) is 20.0. The number of nitrogens with zero attached hydrogens (tertiary/aromatic N) is 3. The molecule has 4 aliphatic heterocycles. The Kier molecular flexibility index (Phi) is 7.36. The van der Waals surface area contributed by atoms with Crippen LogP contribution in [0, 0.1) is 11.8 Å². The molecule has 6 atom stereocenters. The van der Waals surface area contributed by atoms with Crippen molar-refractivity contribution in [2.45, 2.75) is 50.1 Å². The molecule has 0 spiro atoms. The first-order valence-electron chi connectivity index (χ1n) is 11.5. The van der Waals surface area contributed by atoms with Crippen molar-refractivity contribution in [1.82, 2.24) is 20.4 Å². The lowest BCUT2D eigenvalue weighted by Gasteiger charge is -2.46. The fraction of sp³-hybridized carbons (Fsp3) is 0.714. The summed E-state index contributed by atoms with van der Waals surface area (Å²) in [6, 6.07) is -0.740. The van der Waals surface area contributed by atoms with Gasteiger partial charge in [-0.1, -0.05) is 12.1 Å². The predicted molar refractivity (Wildman–Crippen MR) is 122 cm³/mol. The molecule has 3 saturated heterocycles. The number of carboxylic acids is 1. The van der Waals surface area contributed by atoms with Crippen LogP contribution in [0.3, 0.4) is 0 Å². The minimum absolute atomic E-state index is 0.0169. The van der Waals surface area contributed by atoms with Crippen LogP contribution in [0.1, 0.15) is 26.7 Å². The van der Waals surface area contributed by atoms with Gasteiger partial charge in [-0.25, -0.2) is 9.59 Å². The highest BCUT2D eigenvalue weighted by atomic mass is 32.2. The van der Waals surface area contributed by atoms with Crippen LogP contribution in [0.15, 0.2) is 15.8 Å². The molecule has 13 heteroatoms. The smallest absolute Gasteiger partial charge is 0.353 e. The first-order chi connectivity index (χ1) is 16.2. The fourth-order valence-corrected chi connectivity index (χ4v) is 6.72. The van der Waals surface area contributed by atoms with Crippen molar-refractivity contribution in [2.24, 2.45) is 17.0 Å². The van der Waals surface area contributed by atoms with Crippen LogP contribution in [-0.4, -0.2) is 105 Å². The van der Waals surface area contributed by atoms with Crippen molar-refractivity contribution in [3.05, 3.63) is 10.6 Å². The molecule has 12 nitrogen and oxygen atoms in total. The highest BCUT2D eigenvalue weighted by molar-refractivity contribution is 8.03. The van der Waals surface area contributed by atoms with E-state index < -0.39 is 18.0 Å². The quantitative estimate of drug-likeness (QED) is 0.110. The van der Waals surface area contributed by atoms with Gasteiger partial charge in [-0.05, 0) is 13.3 Å². The number of amides is 3. The van der Waals surface area contributed by atoms with E-state index >= 15 is 0 Å². The standard InChI is InChI=1S/C21H31N5O7S/c1-10-16-15(11(2)27)19(28)26(16)17(20(29)30)18(10)34-13-7-12(22-9-13)8-14(24-32)23-21(31)25-3-5-33-6-4-25/h10-13,15-16,22,27,32H,3-9H2,1-2H3,(H,29,30)(H,23,24,31)/t10-,11-,12+,13+,15+,16-/m1/s1. The molecule has 0 bridgehead atoms. The molecule has 0 aliphatic carbocycles. The molecular weight excluding hydrogens is 466 g/mol. The molecule has 0 saturated carbocycles. The lowest BCUT2D eigenvalue weighted by Crippen LogP contribution is -2.63. The third kappa shape index (κ3) is 4.61. The molecule has 4 aliphatic rings. The van der Waals surface area contributed by atoms with Crippen LogP contribution in [0.4, 0.5) is 4.79 Å². The summed E-state index contributed by atoms with van der Waals surface area (Å²) in [5.74, 6) is -2.10. The van der Waals surface area contributed by atoms with Gasteiger partial charge in [0.05, 0.1) is 31.3 Å². The van der Waals surface area contributed by atoms with Crippen molar-refractivity contribution in [3.63, 3.8) is 0 Å². The Morgan fingerprint density at radius 3 is 2.68 bits per heavy atom. The molecule has 3 amide bonds. The van der Waals surface area contributed by atoms with Gasteiger partial charge in [0.25, 0.3) is 0 Å². The Hall–Kier alpha value is -2.35. The van der Waals surface area contributed by atoms with Crippen LogP contribution >= 0.6 is 11.8 Å². The number of nitrogens with one attached hydrogen (secondary N) is 2. The average Bonchev–Trinajstić information content (AvgIpc) is 3.34. The number of morpholine rings is 1. The number of oxime groups is 1. The molecule has 0 aromatic heterocycles. The lowest BCUT2D eigenvalue weighted by atomic mass is 9.79. The number of ether oxygens (including phenoxy) is 1. The third-order valence-corrected chi connectivity index (χ3v) is 8.41. The largest absolute Gasteiger partial charge is 0.477 e. The summed E-state index contributed by atoms with van der Waals surface area (Å²) < 4.78 is 5.24. The third-order valence-electron chi connectivity index (χ3n) is 6.90. The number of carbonyl (C=O) groups is 3. The van der Waals surface area contributed by atoms with E-state index in [1.54, 1.807) is 11.8 Å². The van der Waals surface area contributed by atoms with Crippen molar-refractivity contribution in [2.75, 3.05) is 32.8 Å². The number of β-lactam (4-membered cyclic amide) rings is 1. The fourth-order valence-electron chi connectivity index (χ4n) is 5.20. The van der Waals surface area contributed by atoms with Crippen LogP contribution in [0.2, 0.25) is 0 Å².